The van der Waals surface area contributed by atoms with Gasteiger partial charge in [-0.3, -0.25) is 0 Å². The molecule has 0 radical (unpaired) electrons. The minimum absolute atomic E-state index is 0.199. The number of nitrogens with one attached hydrogen (secondary N) is 1. The summed E-state index contributed by atoms with van der Waals surface area (Å²) in [6, 6.07) is 33.4. The average Bonchev–Trinajstić information content (AvgIpc) is 2.97. The second-order valence-corrected chi connectivity index (χ2v) is 8.58. The third kappa shape index (κ3) is 4.19. The lowest BCUT2D eigenvalue weighted by Crippen LogP contribution is -2.44. The van der Waals surface area contributed by atoms with E-state index in [0.717, 1.165) is 13.0 Å². The molecule has 1 aliphatic rings. The van der Waals surface area contributed by atoms with Crippen LogP contribution in [0.25, 0.3) is 0 Å². The fourth-order valence-electron chi connectivity index (χ4n) is 4.71. The van der Waals surface area contributed by atoms with E-state index in [2.05, 4.69) is 115 Å². The average molecular weight is 371 g/mol. The standard InChI is InChI=1S/C26H30N2/c1-26(2)19-24(18-21-12-6-3-7-13-21)28(25(26)23-16-10-5-11-17-23)27-20-22-14-8-4-9-15-22/h3-17,24-25,27H,18-20H2,1-2H3/t24-,25-/m1/s1. The Morgan fingerprint density at radius 3 is 1.93 bits per heavy atom. The first-order valence-corrected chi connectivity index (χ1v) is 10.3. The minimum Gasteiger partial charge on any atom is -0.250 e. The lowest BCUT2D eigenvalue weighted by molar-refractivity contribution is 0.0873. The van der Waals surface area contributed by atoms with Gasteiger partial charge >= 0.3 is 0 Å². The van der Waals surface area contributed by atoms with Gasteiger partial charge in [0.25, 0.3) is 0 Å². The van der Waals surface area contributed by atoms with Crippen molar-refractivity contribution in [1.29, 1.82) is 0 Å². The first kappa shape index (κ1) is 18.9. The van der Waals surface area contributed by atoms with Crippen LogP contribution in [0.15, 0.2) is 91.0 Å². The Morgan fingerprint density at radius 1 is 0.786 bits per heavy atom. The summed E-state index contributed by atoms with van der Waals surface area (Å²) < 4.78 is 0. The molecule has 28 heavy (non-hydrogen) atoms. The zero-order chi connectivity index (χ0) is 19.4. The maximum Gasteiger partial charge on any atom is 0.0547 e. The predicted molar refractivity (Wildman–Crippen MR) is 117 cm³/mol. The molecule has 2 nitrogen and oxygen atoms in total. The molecule has 1 N–H and O–H groups in total. The summed E-state index contributed by atoms with van der Waals surface area (Å²) in [5.74, 6) is 0. The van der Waals surface area contributed by atoms with Gasteiger partial charge in [-0.25, -0.2) is 10.4 Å². The first-order chi connectivity index (χ1) is 13.6. The molecule has 1 aliphatic heterocycles. The van der Waals surface area contributed by atoms with Crippen LogP contribution in [0.1, 0.15) is 43.0 Å². The molecule has 2 atom stereocenters. The molecule has 144 valence electrons. The molecule has 0 saturated carbocycles. The van der Waals surface area contributed by atoms with Crippen molar-refractivity contribution in [3.63, 3.8) is 0 Å². The van der Waals surface area contributed by atoms with Crippen LogP contribution in [0.2, 0.25) is 0 Å². The topological polar surface area (TPSA) is 15.3 Å². The Hall–Kier alpha value is -2.42. The van der Waals surface area contributed by atoms with Gasteiger partial charge in [0, 0.05) is 12.6 Å². The molecule has 1 fully saturated rings. The molecule has 0 spiro atoms. The first-order valence-electron chi connectivity index (χ1n) is 10.3. The van der Waals surface area contributed by atoms with Crippen LogP contribution >= 0.6 is 0 Å². The molecule has 0 aliphatic carbocycles. The molecule has 1 saturated heterocycles. The molecule has 1 heterocycles. The van der Waals surface area contributed by atoms with Crippen LogP contribution in [-0.4, -0.2) is 11.1 Å². The van der Waals surface area contributed by atoms with Gasteiger partial charge < -0.3 is 0 Å². The predicted octanol–water partition coefficient (Wildman–Crippen LogP) is 5.78. The van der Waals surface area contributed by atoms with Crippen molar-refractivity contribution in [3.05, 3.63) is 108 Å². The molecule has 0 unspecified atom stereocenters. The van der Waals surface area contributed by atoms with Crippen molar-refractivity contribution < 1.29 is 0 Å². The van der Waals surface area contributed by atoms with E-state index in [-0.39, 0.29) is 5.41 Å². The van der Waals surface area contributed by atoms with E-state index in [1.165, 1.54) is 23.1 Å². The summed E-state index contributed by atoms with van der Waals surface area (Å²) in [5, 5.41) is 2.54. The van der Waals surface area contributed by atoms with Crippen LogP contribution in [0.4, 0.5) is 0 Å². The van der Waals surface area contributed by atoms with E-state index in [1.807, 2.05) is 0 Å². The maximum absolute atomic E-state index is 3.81. The molecule has 2 heteroatoms. The number of hydrogen-bond acceptors (Lipinski definition) is 2. The second kappa shape index (κ2) is 8.30. The highest BCUT2D eigenvalue weighted by molar-refractivity contribution is 5.25. The van der Waals surface area contributed by atoms with E-state index in [4.69, 9.17) is 0 Å². The van der Waals surface area contributed by atoms with Gasteiger partial charge in [-0.1, -0.05) is 105 Å². The molecule has 0 aromatic heterocycles. The van der Waals surface area contributed by atoms with Gasteiger partial charge in [-0.15, -0.1) is 0 Å². The normalized spacial score (nSPS) is 21.6. The minimum atomic E-state index is 0.199. The summed E-state index contributed by atoms with van der Waals surface area (Å²) in [6.45, 7) is 5.67. The van der Waals surface area contributed by atoms with Gasteiger partial charge in [-0.2, -0.15) is 0 Å². The van der Waals surface area contributed by atoms with Gasteiger partial charge in [0.2, 0.25) is 0 Å². The SMILES string of the molecule is CC1(C)C[C@@H](Cc2ccccc2)N(NCc2ccccc2)[C@@H]1c1ccccc1. The third-order valence-corrected chi connectivity index (χ3v) is 5.91. The lowest BCUT2D eigenvalue weighted by Gasteiger charge is -2.35. The zero-order valence-corrected chi connectivity index (χ0v) is 16.9. The molecule has 0 amide bonds. The van der Waals surface area contributed by atoms with Crippen LogP contribution in [0, 0.1) is 5.41 Å². The van der Waals surface area contributed by atoms with Crippen LogP contribution in [0.5, 0.6) is 0 Å². The van der Waals surface area contributed by atoms with E-state index >= 15 is 0 Å². The molecular weight excluding hydrogens is 340 g/mol. The smallest absolute Gasteiger partial charge is 0.0547 e. The molecule has 3 aromatic carbocycles. The van der Waals surface area contributed by atoms with Gasteiger partial charge in [0.15, 0.2) is 0 Å². The molecule has 3 aromatic rings. The van der Waals surface area contributed by atoms with Gasteiger partial charge in [0.1, 0.15) is 0 Å². The Morgan fingerprint density at radius 2 is 1.32 bits per heavy atom. The largest absolute Gasteiger partial charge is 0.250 e. The van der Waals surface area contributed by atoms with Crippen molar-refractivity contribution in [2.24, 2.45) is 5.41 Å². The quantitative estimate of drug-likeness (QED) is 0.592. The highest BCUT2D eigenvalue weighted by atomic mass is 15.5. The zero-order valence-electron chi connectivity index (χ0n) is 16.9. The number of hydrazine groups is 1. The number of benzene rings is 3. The van der Waals surface area contributed by atoms with Crippen LogP contribution < -0.4 is 5.43 Å². The van der Waals surface area contributed by atoms with E-state index in [9.17, 15) is 0 Å². The monoisotopic (exact) mass is 370 g/mol. The third-order valence-electron chi connectivity index (χ3n) is 5.91. The van der Waals surface area contributed by atoms with E-state index in [1.54, 1.807) is 0 Å². The van der Waals surface area contributed by atoms with Crippen molar-refractivity contribution >= 4 is 0 Å². The lowest BCUT2D eigenvalue weighted by atomic mass is 9.80. The fraction of sp³-hybridized carbons (Fsp3) is 0.308. The Kier molecular flexibility index (Phi) is 5.61. The number of hydrogen-bond donors (Lipinski definition) is 1. The van der Waals surface area contributed by atoms with Crippen LogP contribution in [0.3, 0.4) is 0 Å². The summed E-state index contributed by atoms with van der Waals surface area (Å²) in [5.41, 5.74) is 8.12. The van der Waals surface area contributed by atoms with Crippen molar-refractivity contribution in [2.75, 3.05) is 0 Å². The summed E-state index contributed by atoms with van der Waals surface area (Å²) >= 11 is 0. The summed E-state index contributed by atoms with van der Waals surface area (Å²) in [6.07, 6.45) is 2.23. The second-order valence-electron chi connectivity index (χ2n) is 8.58. The highest BCUT2D eigenvalue weighted by Gasteiger charge is 2.46. The molecular formula is C26H30N2. The van der Waals surface area contributed by atoms with Gasteiger partial charge in [-0.05, 0) is 34.9 Å². The maximum atomic E-state index is 3.81. The van der Waals surface area contributed by atoms with Crippen molar-refractivity contribution in [1.82, 2.24) is 10.4 Å². The number of nitrogens with zero attached hydrogens (tertiary/aromatic N) is 1. The van der Waals surface area contributed by atoms with E-state index < -0.39 is 0 Å². The van der Waals surface area contributed by atoms with E-state index in [0.29, 0.717) is 12.1 Å². The molecule has 0 bridgehead atoms. The Bertz CT molecular complexity index is 859. The Labute approximate surface area is 169 Å². The summed E-state index contributed by atoms with van der Waals surface area (Å²) in [4.78, 5) is 0. The Balaban J connectivity index is 1.62. The fourth-order valence-corrected chi connectivity index (χ4v) is 4.71. The van der Waals surface area contributed by atoms with Crippen molar-refractivity contribution in [2.45, 2.75) is 45.3 Å². The summed E-state index contributed by atoms with van der Waals surface area (Å²) in [7, 11) is 0. The number of rotatable bonds is 6. The van der Waals surface area contributed by atoms with Crippen molar-refractivity contribution in [3.8, 4) is 0 Å². The highest BCUT2D eigenvalue weighted by Crippen LogP contribution is 2.49. The molecule has 4 rings (SSSR count). The van der Waals surface area contributed by atoms with Gasteiger partial charge in [0.05, 0.1) is 6.04 Å². The van der Waals surface area contributed by atoms with Crippen LogP contribution in [-0.2, 0) is 13.0 Å².